The predicted octanol–water partition coefficient (Wildman–Crippen LogP) is 2.39. The molecule has 1 aliphatic rings. The summed E-state index contributed by atoms with van der Waals surface area (Å²) in [6.45, 7) is 5.62. The first-order valence-electron chi connectivity index (χ1n) is 7.86. The second-order valence-corrected chi connectivity index (χ2v) is 6.05. The Bertz CT molecular complexity index is 389. The highest BCUT2D eigenvalue weighted by Gasteiger charge is 2.34. The molecule has 0 radical (unpaired) electrons. The first-order chi connectivity index (χ1) is 9.68. The normalized spacial score (nSPS) is 24.1. The molecule has 3 heteroatoms. The van der Waals surface area contributed by atoms with Crippen LogP contribution in [0, 0.1) is 5.92 Å². The largest absolute Gasteiger partial charge is 0.388 e. The van der Waals surface area contributed by atoms with Gasteiger partial charge in [-0.05, 0) is 50.3 Å². The molecule has 1 aromatic carbocycles. The molecular formula is C17H28N2O. The lowest BCUT2D eigenvalue weighted by Crippen LogP contribution is -2.44. The molecule has 0 aliphatic carbocycles. The summed E-state index contributed by atoms with van der Waals surface area (Å²) in [5.41, 5.74) is 6.50. The zero-order valence-electron chi connectivity index (χ0n) is 12.6. The van der Waals surface area contributed by atoms with E-state index in [0.29, 0.717) is 12.5 Å². The van der Waals surface area contributed by atoms with Crippen LogP contribution in [0.15, 0.2) is 30.3 Å². The van der Waals surface area contributed by atoms with Gasteiger partial charge >= 0.3 is 0 Å². The highest BCUT2D eigenvalue weighted by Crippen LogP contribution is 2.30. The van der Waals surface area contributed by atoms with Gasteiger partial charge in [0.1, 0.15) is 0 Å². The average Bonchev–Trinajstić information content (AvgIpc) is 2.73. The quantitative estimate of drug-likeness (QED) is 0.868. The number of benzene rings is 1. The van der Waals surface area contributed by atoms with Gasteiger partial charge in [-0.1, -0.05) is 37.3 Å². The minimum Gasteiger partial charge on any atom is -0.388 e. The number of hydrogen-bond acceptors (Lipinski definition) is 3. The zero-order chi connectivity index (χ0) is 14.4. The highest BCUT2D eigenvalue weighted by atomic mass is 16.3. The Morgan fingerprint density at radius 3 is 2.65 bits per heavy atom. The molecule has 0 spiro atoms. The van der Waals surface area contributed by atoms with Crippen LogP contribution in [0.5, 0.6) is 0 Å². The van der Waals surface area contributed by atoms with E-state index >= 15 is 0 Å². The Hall–Kier alpha value is -0.900. The van der Waals surface area contributed by atoms with Crippen LogP contribution in [-0.2, 0) is 6.54 Å². The fraction of sp³-hybridized carbons (Fsp3) is 0.647. The van der Waals surface area contributed by atoms with Gasteiger partial charge in [0.25, 0.3) is 0 Å². The van der Waals surface area contributed by atoms with Crippen LogP contribution in [0.25, 0.3) is 0 Å². The monoisotopic (exact) mass is 276 g/mol. The lowest BCUT2D eigenvalue weighted by Gasteiger charge is -2.34. The maximum absolute atomic E-state index is 10.6. The van der Waals surface area contributed by atoms with Gasteiger partial charge in [-0.2, -0.15) is 0 Å². The summed E-state index contributed by atoms with van der Waals surface area (Å²) in [5, 5.41) is 10.6. The van der Waals surface area contributed by atoms with Crippen molar-refractivity contribution in [1.82, 2.24) is 4.90 Å². The maximum Gasteiger partial charge on any atom is 0.0795 e. The topological polar surface area (TPSA) is 49.5 Å². The van der Waals surface area contributed by atoms with Crippen molar-refractivity contribution in [3.05, 3.63) is 35.9 Å². The van der Waals surface area contributed by atoms with Crippen molar-refractivity contribution in [3.63, 3.8) is 0 Å². The molecule has 2 unspecified atom stereocenters. The summed E-state index contributed by atoms with van der Waals surface area (Å²) in [4.78, 5) is 2.50. The number of nitrogens with zero attached hydrogens (tertiary/aromatic N) is 1. The smallest absolute Gasteiger partial charge is 0.0795 e. The predicted molar refractivity (Wildman–Crippen MR) is 83.4 cm³/mol. The molecule has 1 aromatic rings. The van der Waals surface area contributed by atoms with E-state index in [0.717, 1.165) is 45.3 Å². The van der Waals surface area contributed by atoms with E-state index in [2.05, 4.69) is 35.2 Å². The Morgan fingerprint density at radius 1 is 1.25 bits per heavy atom. The van der Waals surface area contributed by atoms with Gasteiger partial charge in [0, 0.05) is 13.1 Å². The van der Waals surface area contributed by atoms with Crippen molar-refractivity contribution in [2.24, 2.45) is 11.7 Å². The van der Waals surface area contributed by atoms with Crippen molar-refractivity contribution in [2.75, 3.05) is 19.6 Å². The Labute approximate surface area is 122 Å². The molecule has 3 nitrogen and oxygen atoms in total. The van der Waals surface area contributed by atoms with Gasteiger partial charge in [0.15, 0.2) is 0 Å². The molecule has 0 bridgehead atoms. The maximum atomic E-state index is 10.6. The lowest BCUT2D eigenvalue weighted by atomic mass is 9.80. The summed E-state index contributed by atoms with van der Waals surface area (Å²) >= 11 is 0. The van der Waals surface area contributed by atoms with E-state index in [1.54, 1.807) is 0 Å². The second-order valence-electron chi connectivity index (χ2n) is 6.05. The van der Waals surface area contributed by atoms with Crippen molar-refractivity contribution in [1.29, 1.82) is 0 Å². The van der Waals surface area contributed by atoms with Crippen molar-refractivity contribution < 1.29 is 5.11 Å². The van der Waals surface area contributed by atoms with Crippen molar-refractivity contribution >= 4 is 0 Å². The van der Waals surface area contributed by atoms with Crippen molar-refractivity contribution in [2.45, 2.75) is 44.8 Å². The van der Waals surface area contributed by atoms with E-state index in [9.17, 15) is 5.11 Å². The Morgan fingerprint density at radius 2 is 2.00 bits per heavy atom. The molecule has 1 saturated heterocycles. The van der Waals surface area contributed by atoms with Crippen LogP contribution >= 0.6 is 0 Å². The van der Waals surface area contributed by atoms with E-state index in [4.69, 9.17) is 5.73 Å². The third-order valence-corrected chi connectivity index (χ3v) is 4.80. The van der Waals surface area contributed by atoms with Gasteiger partial charge in [-0.3, -0.25) is 4.90 Å². The molecule has 0 amide bonds. The molecule has 2 rings (SSSR count). The van der Waals surface area contributed by atoms with Crippen molar-refractivity contribution in [3.8, 4) is 0 Å². The van der Waals surface area contributed by atoms with Gasteiger partial charge in [-0.15, -0.1) is 0 Å². The van der Waals surface area contributed by atoms with Crippen LogP contribution in [0.2, 0.25) is 0 Å². The highest BCUT2D eigenvalue weighted by molar-refractivity contribution is 5.14. The summed E-state index contributed by atoms with van der Waals surface area (Å²) in [6, 6.07) is 10.6. The van der Waals surface area contributed by atoms with Gasteiger partial charge in [-0.25, -0.2) is 0 Å². The molecule has 0 aromatic heterocycles. The Kier molecular flexibility index (Phi) is 5.58. The van der Waals surface area contributed by atoms with Crippen LogP contribution in [-0.4, -0.2) is 35.2 Å². The van der Waals surface area contributed by atoms with Crippen LogP contribution in [0.1, 0.15) is 38.2 Å². The molecule has 0 saturated carbocycles. The number of likely N-dealkylation sites (tertiary alicyclic amines) is 1. The SMILES string of the molecule is CCC(O)(CN)C1CCCN(Cc2ccccc2)CC1. The summed E-state index contributed by atoms with van der Waals surface area (Å²) in [5.74, 6) is 0.346. The molecule has 2 atom stereocenters. The third-order valence-electron chi connectivity index (χ3n) is 4.80. The standard InChI is InChI=1S/C17H28N2O/c1-2-17(20,14-18)16-9-6-11-19(12-10-16)13-15-7-4-3-5-8-15/h3-5,7-8,16,20H,2,6,9-14,18H2,1H3. The third kappa shape index (κ3) is 3.81. The first kappa shape index (κ1) is 15.5. The van der Waals surface area contributed by atoms with E-state index < -0.39 is 5.60 Å². The zero-order valence-corrected chi connectivity index (χ0v) is 12.6. The summed E-state index contributed by atoms with van der Waals surface area (Å²) in [6.07, 6.45) is 4.05. The molecule has 112 valence electrons. The number of nitrogens with two attached hydrogens (primary N) is 1. The first-order valence-corrected chi connectivity index (χ1v) is 7.86. The van der Waals surface area contributed by atoms with Crippen LogP contribution in [0.3, 0.4) is 0 Å². The minimum absolute atomic E-state index is 0.346. The van der Waals surface area contributed by atoms with E-state index in [-0.39, 0.29) is 0 Å². The minimum atomic E-state index is -0.664. The summed E-state index contributed by atoms with van der Waals surface area (Å²) in [7, 11) is 0. The second kappa shape index (κ2) is 7.21. The lowest BCUT2D eigenvalue weighted by molar-refractivity contribution is -0.0197. The number of hydrogen-bond donors (Lipinski definition) is 2. The van der Waals surface area contributed by atoms with Gasteiger partial charge < -0.3 is 10.8 Å². The van der Waals surface area contributed by atoms with Crippen LogP contribution < -0.4 is 5.73 Å². The van der Waals surface area contributed by atoms with E-state index in [1.165, 1.54) is 5.56 Å². The average molecular weight is 276 g/mol. The number of rotatable bonds is 5. The molecule has 20 heavy (non-hydrogen) atoms. The summed E-state index contributed by atoms with van der Waals surface area (Å²) < 4.78 is 0. The molecular weight excluding hydrogens is 248 g/mol. The van der Waals surface area contributed by atoms with Gasteiger partial charge in [0.05, 0.1) is 5.60 Å². The fourth-order valence-electron chi connectivity index (χ4n) is 3.29. The molecule has 3 N–H and O–H groups in total. The molecule has 1 aliphatic heterocycles. The van der Waals surface area contributed by atoms with Crippen LogP contribution in [0.4, 0.5) is 0 Å². The number of aliphatic hydroxyl groups is 1. The van der Waals surface area contributed by atoms with E-state index in [1.807, 2.05) is 6.92 Å². The molecule has 1 fully saturated rings. The Balaban J connectivity index is 1.92. The van der Waals surface area contributed by atoms with Gasteiger partial charge in [0.2, 0.25) is 0 Å². The fourth-order valence-corrected chi connectivity index (χ4v) is 3.29. The molecule has 1 heterocycles.